The molecule has 144 valence electrons. The lowest BCUT2D eigenvalue weighted by Gasteiger charge is -2.57. The molecule has 0 amide bonds. The molecular formula is C21H27F3OS. The quantitative estimate of drug-likeness (QED) is 0.597. The molecule has 5 heteroatoms. The molecule has 0 radical (unpaired) electrons. The van der Waals surface area contributed by atoms with Crippen molar-refractivity contribution in [1.29, 1.82) is 0 Å². The van der Waals surface area contributed by atoms with Crippen LogP contribution in [0.5, 0.6) is 0 Å². The average Bonchev–Trinajstić information content (AvgIpc) is 2.98. The highest BCUT2D eigenvalue weighted by molar-refractivity contribution is 7.99. The molecule has 1 nitrogen and oxygen atoms in total. The third kappa shape index (κ3) is 3.08. The molecule has 0 bridgehead atoms. The van der Waals surface area contributed by atoms with E-state index in [1.54, 1.807) is 6.08 Å². The molecule has 0 aliphatic heterocycles. The molecule has 0 spiro atoms. The van der Waals surface area contributed by atoms with Crippen molar-refractivity contribution in [3.8, 4) is 0 Å². The molecule has 0 heterocycles. The Morgan fingerprint density at radius 1 is 1.19 bits per heavy atom. The highest BCUT2D eigenvalue weighted by Gasteiger charge is 2.57. The van der Waals surface area contributed by atoms with Gasteiger partial charge in [0, 0.05) is 5.41 Å². The number of fused-ring (bicyclic) bond motifs is 5. The van der Waals surface area contributed by atoms with Crippen LogP contribution in [-0.2, 0) is 4.79 Å². The van der Waals surface area contributed by atoms with E-state index in [1.165, 1.54) is 12.0 Å². The lowest BCUT2D eigenvalue weighted by atomic mass is 9.48. The van der Waals surface area contributed by atoms with E-state index in [4.69, 9.17) is 0 Å². The zero-order chi connectivity index (χ0) is 18.6. The van der Waals surface area contributed by atoms with E-state index in [0.717, 1.165) is 50.3 Å². The van der Waals surface area contributed by atoms with Crippen LogP contribution in [0.25, 0.3) is 0 Å². The average molecular weight is 385 g/mol. The second-order valence-corrected chi connectivity index (χ2v) is 9.99. The molecule has 4 rings (SSSR count). The van der Waals surface area contributed by atoms with Gasteiger partial charge in [0.25, 0.3) is 0 Å². The first-order valence-electron chi connectivity index (χ1n) is 9.82. The van der Waals surface area contributed by atoms with Gasteiger partial charge in [0.2, 0.25) is 0 Å². The van der Waals surface area contributed by atoms with Crippen molar-refractivity contribution in [1.82, 2.24) is 0 Å². The predicted octanol–water partition coefficient (Wildman–Crippen LogP) is 5.96. The molecule has 0 unspecified atom stereocenters. The van der Waals surface area contributed by atoms with E-state index in [2.05, 4.69) is 13.0 Å². The first-order valence-corrected chi connectivity index (χ1v) is 11.0. The van der Waals surface area contributed by atoms with Crippen molar-refractivity contribution in [2.24, 2.45) is 28.6 Å². The summed E-state index contributed by atoms with van der Waals surface area (Å²) in [6.45, 7) is 2.28. The fraction of sp³-hybridized carbons (Fsp3) is 0.762. The van der Waals surface area contributed by atoms with Crippen LogP contribution in [0.3, 0.4) is 0 Å². The van der Waals surface area contributed by atoms with Crippen molar-refractivity contribution in [2.45, 2.75) is 58.0 Å². The van der Waals surface area contributed by atoms with Gasteiger partial charge in [0.05, 0.1) is 5.75 Å². The maximum atomic E-state index is 12.6. The van der Waals surface area contributed by atoms with Gasteiger partial charge in [-0.15, -0.1) is 0 Å². The Kier molecular flexibility index (Phi) is 4.61. The molecule has 0 aromatic heterocycles. The van der Waals surface area contributed by atoms with E-state index in [-0.39, 0.29) is 16.6 Å². The molecule has 3 saturated carbocycles. The Morgan fingerprint density at radius 2 is 2.00 bits per heavy atom. The number of carbonyl (C=O) groups is 1. The highest BCUT2D eigenvalue weighted by Crippen LogP contribution is 2.65. The first-order chi connectivity index (χ1) is 12.2. The zero-order valence-electron chi connectivity index (χ0n) is 15.3. The summed E-state index contributed by atoms with van der Waals surface area (Å²) in [5, 5.41) is 0. The van der Waals surface area contributed by atoms with Crippen LogP contribution in [0.1, 0.15) is 51.9 Å². The number of halogens is 3. The molecule has 0 N–H and O–H groups in total. The van der Waals surface area contributed by atoms with Crippen molar-refractivity contribution in [3.63, 3.8) is 0 Å². The number of rotatable bonds is 3. The number of allylic oxidation sites excluding steroid dienone is 4. The molecule has 4 aliphatic carbocycles. The SMILES string of the molecule is C[C@]12C=CC(=O)C=C1CC[C@H]1[C@@H]3CCC[C@@]3(CSCC(F)(F)F)CC[C@@H]12. The first kappa shape index (κ1) is 18.6. The summed E-state index contributed by atoms with van der Waals surface area (Å²) < 4.78 is 37.9. The minimum atomic E-state index is -4.07. The third-order valence-corrected chi connectivity index (χ3v) is 9.05. The maximum Gasteiger partial charge on any atom is 0.397 e. The smallest absolute Gasteiger partial charge is 0.290 e. The van der Waals surface area contributed by atoms with E-state index >= 15 is 0 Å². The number of alkyl halides is 3. The molecular weight excluding hydrogens is 357 g/mol. The molecule has 0 aromatic rings. The van der Waals surface area contributed by atoms with Crippen LogP contribution in [0.4, 0.5) is 13.2 Å². The number of hydrogen-bond acceptors (Lipinski definition) is 2. The Bertz CT molecular complexity index is 652. The van der Waals surface area contributed by atoms with Crippen LogP contribution < -0.4 is 0 Å². The monoisotopic (exact) mass is 384 g/mol. The predicted molar refractivity (Wildman–Crippen MR) is 98.9 cm³/mol. The number of carbonyl (C=O) groups excluding carboxylic acids is 1. The van der Waals surface area contributed by atoms with Gasteiger partial charge < -0.3 is 0 Å². The topological polar surface area (TPSA) is 17.1 Å². The Labute approximate surface area is 157 Å². The van der Waals surface area contributed by atoms with Gasteiger partial charge in [0.15, 0.2) is 5.78 Å². The number of ketones is 1. The largest absolute Gasteiger partial charge is 0.397 e. The van der Waals surface area contributed by atoms with Crippen LogP contribution in [0.15, 0.2) is 23.8 Å². The summed E-state index contributed by atoms with van der Waals surface area (Å²) in [7, 11) is 0. The van der Waals surface area contributed by atoms with E-state index < -0.39 is 11.9 Å². The second kappa shape index (κ2) is 6.42. The van der Waals surface area contributed by atoms with Gasteiger partial charge in [-0.05, 0) is 79.6 Å². The standard InChI is InChI=1S/C21H27F3OS/c1-19-9-6-15(25)11-14(19)4-5-16-17(19)7-10-20(8-2-3-18(16)20)12-26-13-21(22,23)24/h6,9,11,16-18H,2-5,7-8,10,12-13H2,1H3/t16-,17+,18+,19+,20+/m1/s1. The van der Waals surface area contributed by atoms with Crippen LogP contribution >= 0.6 is 11.8 Å². The molecule has 5 atom stereocenters. The Hall–Kier alpha value is -0.710. The van der Waals surface area contributed by atoms with Gasteiger partial charge >= 0.3 is 6.18 Å². The van der Waals surface area contributed by atoms with Crippen molar-refractivity contribution in [3.05, 3.63) is 23.8 Å². The maximum absolute atomic E-state index is 12.6. The minimum Gasteiger partial charge on any atom is -0.290 e. The van der Waals surface area contributed by atoms with Gasteiger partial charge in [-0.1, -0.05) is 25.0 Å². The Morgan fingerprint density at radius 3 is 2.77 bits per heavy atom. The lowest BCUT2D eigenvalue weighted by Crippen LogP contribution is -2.49. The molecule has 3 fully saturated rings. The highest BCUT2D eigenvalue weighted by atomic mass is 32.2. The van der Waals surface area contributed by atoms with E-state index in [1.807, 2.05) is 6.08 Å². The summed E-state index contributed by atoms with van der Waals surface area (Å²) in [4.78, 5) is 11.8. The fourth-order valence-corrected chi connectivity index (χ4v) is 7.86. The van der Waals surface area contributed by atoms with Crippen molar-refractivity contribution < 1.29 is 18.0 Å². The van der Waals surface area contributed by atoms with Crippen molar-refractivity contribution in [2.75, 3.05) is 11.5 Å². The van der Waals surface area contributed by atoms with Crippen molar-refractivity contribution >= 4 is 17.5 Å². The zero-order valence-corrected chi connectivity index (χ0v) is 16.1. The summed E-state index contributed by atoms with van der Waals surface area (Å²) in [6.07, 6.45) is 9.26. The second-order valence-electron chi connectivity index (χ2n) is 9.00. The summed E-state index contributed by atoms with van der Waals surface area (Å²) in [6, 6.07) is 0. The van der Waals surface area contributed by atoms with Gasteiger partial charge in [-0.3, -0.25) is 4.79 Å². The molecule has 0 aromatic carbocycles. The molecule has 4 aliphatic rings. The Balaban J connectivity index is 1.54. The van der Waals surface area contributed by atoms with E-state index in [0.29, 0.717) is 23.5 Å². The van der Waals surface area contributed by atoms with E-state index in [9.17, 15) is 18.0 Å². The van der Waals surface area contributed by atoms with Crippen LogP contribution in [0.2, 0.25) is 0 Å². The summed E-state index contributed by atoms with van der Waals surface area (Å²) in [5.74, 6) is 1.74. The molecule has 0 saturated heterocycles. The number of hydrogen-bond donors (Lipinski definition) is 0. The van der Waals surface area contributed by atoms with Gasteiger partial charge in [0.1, 0.15) is 0 Å². The molecule has 26 heavy (non-hydrogen) atoms. The van der Waals surface area contributed by atoms with Gasteiger partial charge in [-0.25, -0.2) is 0 Å². The van der Waals surface area contributed by atoms with Gasteiger partial charge in [-0.2, -0.15) is 24.9 Å². The summed E-state index contributed by atoms with van der Waals surface area (Å²) >= 11 is 1.10. The lowest BCUT2D eigenvalue weighted by molar-refractivity contribution is -0.111. The van der Waals surface area contributed by atoms with Crippen LogP contribution in [0, 0.1) is 28.6 Å². The normalized spacial score (nSPS) is 42.1. The minimum absolute atomic E-state index is 0.0231. The third-order valence-electron chi connectivity index (χ3n) is 7.74. The number of thioether (sulfide) groups is 1. The van der Waals surface area contributed by atoms with Crippen LogP contribution in [-0.4, -0.2) is 23.5 Å². The summed E-state index contributed by atoms with van der Waals surface area (Å²) in [5.41, 5.74) is 1.37. The fourth-order valence-electron chi connectivity index (χ4n) is 6.61.